The van der Waals surface area contributed by atoms with Crippen LogP contribution in [0.1, 0.15) is 17.0 Å². The second kappa shape index (κ2) is 6.58. The third-order valence-electron chi connectivity index (χ3n) is 3.89. The van der Waals surface area contributed by atoms with Gasteiger partial charge in [-0.25, -0.2) is 0 Å². The minimum Gasteiger partial charge on any atom is -0.497 e. The van der Waals surface area contributed by atoms with Crippen LogP contribution in [0.3, 0.4) is 0 Å². The van der Waals surface area contributed by atoms with E-state index < -0.39 is 12.5 Å². The molecule has 1 atom stereocenters. The van der Waals surface area contributed by atoms with Crippen LogP contribution in [0.25, 0.3) is 10.9 Å². The van der Waals surface area contributed by atoms with Crippen molar-refractivity contribution in [2.24, 2.45) is 0 Å². The van der Waals surface area contributed by atoms with Crippen LogP contribution in [0.4, 0.5) is 0 Å². The zero-order chi connectivity index (χ0) is 16.2. The summed E-state index contributed by atoms with van der Waals surface area (Å²) in [5.74, 6) is -0.0134. The van der Waals surface area contributed by atoms with E-state index in [4.69, 9.17) is 4.74 Å². The Labute approximate surface area is 134 Å². The molecule has 1 N–H and O–H groups in total. The molecule has 0 aliphatic heterocycles. The molecule has 1 heterocycles. The van der Waals surface area contributed by atoms with Crippen LogP contribution in [-0.2, 0) is 4.79 Å². The van der Waals surface area contributed by atoms with Gasteiger partial charge < -0.3 is 9.84 Å². The second-order valence-corrected chi connectivity index (χ2v) is 5.29. The molecule has 1 aromatic heterocycles. The molecule has 0 aliphatic carbocycles. The number of fused-ring (bicyclic) bond motifs is 1. The van der Waals surface area contributed by atoms with Crippen molar-refractivity contribution in [1.82, 2.24) is 4.98 Å². The fourth-order valence-electron chi connectivity index (χ4n) is 2.73. The minimum absolute atomic E-state index is 0.238. The Morgan fingerprint density at radius 3 is 2.57 bits per heavy atom. The summed E-state index contributed by atoms with van der Waals surface area (Å²) >= 11 is 0. The molecule has 3 rings (SSSR count). The van der Waals surface area contributed by atoms with Crippen molar-refractivity contribution in [2.45, 2.75) is 5.92 Å². The average molecular weight is 307 g/mol. The van der Waals surface area contributed by atoms with Crippen LogP contribution in [0.15, 0.2) is 60.8 Å². The Kier molecular flexibility index (Phi) is 4.35. The number of hydrogen-bond acceptors (Lipinski definition) is 4. The molecule has 0 spiro atoms. The Bertz CT molecular complexity index is 827. The van der Waals surface area contributed by atoms with E-state index in [2.05, 4.69) is 4.98 Å². The fraction of sp³-hybridized carbons (Fsp3) is 0.158. The smallest absolute Gasteiger partial charge is 0.169 e. The number of carbonyl (C=O) groups is 1. The van der Waals surface area contributed by atoms with E-state index in [0.29, 0.717) is 0 Å². The molecule has 0 aliphatic rings. The first-order valence-corrected chi connectivity index (χ1v) is 7.35. The zero-order valence-electron chi connectivity index (χ0n) is 12.8. The molecule has 2 aromatic carbocycles. The Morgan fingerprint density at radius 2 is 1.87 bits per heavy atom. The largest absolute Gasteiger partial charge is 0.497 e. The molecule has 3 aromatic rings. The summed E-state index contributed by atoms with van der Waals surface area (Å²) in [5.41, 5.74) is 2.55. The van der Waals surface area contributed by atoms with Gasteiger partial charge in [0.05, 0.1) is 18.5 Å². The maximum absolute atomic E-state index is 12.3. The van der Waals surface area contributed by atoms with Gasteiger partial charge in [-0.1, -0.05) is 24.3 Å². The molecule has 1 unspecified atom stereocenters. The lowest BCUT2D eigenvalue weighted by Crippen LogP contribution is -2.17. The van der Waals surface area contributed by atoms with Crippen molar-refractivity contribution in [1.29, 1.82) is 0 Å². The van der Waals surface area contributed by atoms with Gasteiger partial charge in [0.1, 0.15) is 12.4 Å². The molecule has 0 amide bonds. The van der Waals surface area contributed by atoms with Crippen LogP contribution >= 0.6 is 0 Å². The molecule has 23 heavy (non-hydrogen) atoms. The topological polar surface area (TPSA) is 59.4 Å². The van der Waals surface area contributed by atoms with E-state index in [1.54, 1.807) is 13.3 Å². The number of pyridine rings is 1. The van der Waals surface area contributed by atoms with E-state index in [9.17, 15) is 9.90 Å². The molecule has 116 valence electrons. The molecule has 0 radical (unpaired) electrons. The number of Topliss-reactive ketones (excluding diaryl/α,β-unsaturated/α-hetero) is 1. The van der Waals surface area contributed by atoms with Crippen molar-refractivity contribution >= 4 is 16.7 Å². The number of hydrogen-bond donors (Lipinski definition) is 1. The Hall–Kier alpha value is -2.72. The quantitative estimate of drug-likeness (QED) is 0.787. The lowest BCUT2D eigenvalue weighted by atomic mass is 9.87. The van der Waals surface area contributed by atoms with E-state index in [1.807, 2.05) is 54.6 Å². The van der Waals surface area contributed by atoms with Gasteiger partial charge in [-0.3, -0.25) is 9.78 Å². The lowest BCUT2D eigenvalue weighted by molar-refractivity contribution is -0.122. The molecule has 4 heteroatoms. The van der Waals surface area contributed by atoms with Gasteiger partial charge >= 0.3 is 0 Å². The van der Waals surface area contributed by atoms with Crippen LogP contribution in [0.2, 0.25) is 0 Å². The lowest BCUT2D eigenvalue weighted by Gasteiger charge is -2.17. The molecule has 0 bridgehead atoms. The highest BCUT2D eigenvalue weighted by molar-refractivity contribution is 5.91. The number of benzene rings is 2. The van der Waals surface area contributed by atoms with Gasteiger partial charge in [0.25, 0.3) is 0 Å². The average Bonchev–Trinajstić information content (AvgIpc) is 2.62. The van der Waals surface area contributed by atoms with E-state index in [-0.39, 0.29) is 5.78 Å². The van der Waals surface area contributed by atoms with Gasteiger partial charge in [-0.2, -0.15) is 0 Å². The first kappa shape index (κ1) is 15.2. The first-order chi connectivity index (χ1) is 11.2. The van der Waals surface area contributed by atoms with Gasteiger partial charge in [-0.15, -0.1) is 0 Å². The fourth-order valence-corrected chi connectivity index (χ4v) is 2.73. The maximum Gasteiger partial charge on any atom is 0.169 e. The molecule has 0 saturated carbocycles. The zero-order valence-corrected chi connectivity index (χ0v) is 12.8. The monoisotopic (exact) mass is 307 g/mol. The van der Waals surface area contributed by atoms with Crippen LogP contribution in [0.5, 0.6) is 5.75 Å². The first-order valence-electron chi connectivity index (χ1n) is 7.35. The molecule has 0 fully saturated rings. The number of aliphatic hydroxyl groups is 1. The van der Waals surface area contributed by atoms with Crippen molar-refractivity contribution < 1.29 is 14.6 Å². The normalized spacial score (nSPS) is 12.1. The highest BCUT2D eigenvalue weighted by Gasteiger charge is 2.22. The van der Waals surface area contributed by atoms with E-state index in [1.165, 1.54) is 0 Å². The summed E-state index contributed by atoms with van der Waals surface area (Å²) in [4.78, 5) is 16.6. The summed E-state index contributed by atoms with van der Waals surface area (Å²) in [5, 5.41) is 10.3. The van der Waals surface area contributed by atoms with E-state index in [0.717, 1.165) is 27.8 Å². The minimum atomic E-state index is -0.504. The summed E-state index contributed by atoms with van der Waals surface area (Å²) in [6.07, 6.45) is 1.74. The van der Waals surface area contributed by atoms with Crippen molar-refractivity contribution in [3.63, 3.8) is 0 Å². The maximum atomic E-state index is 12.3. The number of ether oxygens (including phenoxy) is 1. The highest BCUT2D eigenvalue weighted by atomic mass is 16.5. The number of aliphatic hydroxyl groups excluding tert-OH is 1. The van der Waals surface area contributed by atoms with Crippen LogP contribution in [0, 0.1) is 0 Å². The predicted molar refractivity (Wildman–Crippen MR) is 88.7 cm³/mol. The SMILES string of the molecule is COc1ccc(C(C(=O)CO)c2ccc3ncccc3c2)cc1. The van der Waals surface area contributed by atoms with Crippen molar-refractivity contribution in [3.8, 4) is 5.75 Å². The third kappa shape index (κ3) is 3.07. The van der Waals surface area contributed by atoms with Crippen molar-refractivity contribution in [2.75, 3.05) is 13.7 Å². The number of ketones is 1. The summed E-state index contributed by atoms with van der Waals surface area (Å²) in [6, 6.07) is 16.9. The van der Waals surface area contributed by atoms with Gasteiger partial charge in [0.2, 0.25) is 0 Å². The number of carbonyl (C=O) groups excluding carboxylic acids is 1. The number of rotatable bonds is 5. The van der Waals surface area contributed by atoms with Gasteiger partial charge in [0, 0.05) is 11.6 Å². The second-order valence-electron chi connectivity index (χ2n) is 5.29. The standard InChI is InChI=1S/C19H17NO3/c1-23-16-7-4-13(5-8-16)19(18(22)12-21)15-6-9-17-14(11-15)3-2-10-20-17/h2-11,19,21H,12H2,1H3. The predicted octanol–water partition coefficient (Wildman–Crippen LogP) is 2.94. The van der Waals surface area contributed by atoms with E-state index >= 15 is 0 Å². The molecule has 0 saturated heterocycles. The summed E-state index contributed by atoms with van der Waals surface area (Å²) in [7, 11) is 1.60. The molecular weight excluding hydrogens is 290 g/mol. The molecular formula is C19H17NO3. The van der Waals surface area contributed by atoms with Crippen LogP contribution in [-0.4, -0.2) is 29.6 Å². The Morgan fingerprint density at radius 1 is 1.13 bits per heavy atom. The number of aromatic nitrogens is 1. The number of methoxy groups -OCH3 is 1. The van der Waals surface area contributed by atoms with Crippen LogP contribution < -0.4 is 4.74 Å². The Balaban J connectivity index is 2.07. The summed E-state index contributed by atoms with van der Waals surface area (Å²) in [6.45, 7) is -0.498. The third-order valence-corrected chi connectivity index (χ3v) is 3.89. The molecule has 4 nitrogen and oxygen atoms in total. The van der Waals surface area contributed by atoms with Gasteiger partial charge in [0.15, 0.2) is 5.78 Å². The van der Waals surface area contributed by atoms with Crippen molar-refractivity contribution in [3.05, 3.63) is 71.9 Å². The highest BCUT2D eigenvalue weighted by Crippen LogP contribution is 2.29. The summed E-state index contributed by atoms with van der Waals surface area (Å²) < 4.78 is 5.16. The van der Waals surface area contributed by atoms with Gasteiger partial charge in [-0.05, 0) is 41.5 Å². The number of nitrogens with zero attached hydrogens (tertiary/aromatic N) is 1.